The molecule has 1 amide bonds. The van der Waals surface area contributed by atoms with E-state index in [1.807, 2.05) is 0 Å². The van der Waals surface area contributed by atoms with Gasteiger partial charge in [0, 0.05) is 39.3 Å². The van der Waals surface area contributed by atoms with Crippen LogP contribution in [0.25, 0.3) is 0 Å². The van der Waals surface area contributed by atoms with E-state index in [0.29, 0.717) is 6.54 Å². The molecule has 2 aliphatic rings. The van der Waals surface area contributed by atoms with Crippen LogP contribution in [0.2, 0.25) is 0 Å². The largest absolute Gasteiger partial charge is 0.388 e. The van der Waals surface area contributed by atoms with Gasteiger partial charge in [0.1, 0.15) is 0 Å². The summed E-state index contributed by atoms with van der Waals surface area (Å²) in [6, 6.07) is 0. The lowest BCUT2D eigenvalue weighted by molar-refractivity contribution is -0.132. The molecule has 0 aromatic rings. The molecule has 2 saturated heterocycles. The third-order valence-electron chi connectivity index (χ3n) is 3.18. The standard InChI is InChI=1S/C10H19N3O3/c14-8-5-13(6-9(8)15)10(16)7-12-3-1-11-2-4-12/h8-9,11,14-15H,1-7H2/t8-,9+. The maximum Gasteiger partial charge on any atom is 0.236 e. The van der Waals surface area contributed by atoms with E-state index in [1.165, 1.54) is 4.90 Å². The molecule has 0 aromatic heterocycles. The predicted octanol–water partition coefficient (Wildman–Crippen LogP) is -2.54. The Morgan fingerprint density at radius 3 is 2.31 bits per heavy atom. The van der Waals surface area contributed by atoms with Crippen LogP contribution in [-0.4, -0.2) is 83.9 Å². The minimum atomic E-state index is -0.785. The van der Waals surface area contributed by atoms with Gasteiger partial charge in [0.2, 0.25) is 5.91 Å². The molecule has 0 aliphatic carbocycles. The molecule has 2 heterocycles. The van der Waals surface area contributed by atoms with Crippen LogP contribution in [-0.2, 0) is 4.79 Å². The third kappa shape index (κ3) is 2.70. The second-order valence-corrected chi connectivity index (χ2v) is 4.46. The van der Waals surface area contributed by atoms with Crippen LogP contribution >= 0.6 is 0 Å². The second kappa shape index (κ2) is 5.09. The first-order chi connectivity index (χ1) is 7.66. The summed E-state index contributed by atoms with van der Waals surface area (Å²) in [5.74, 6) is -0.00231. The summed E-state index contributed by atoms with van der Waals surface area (Å²) in [5, 5.41) is 21.9. The molecule has 0 aromatic carbocycles. The van der Waals surface area contributed by atoms with Gasteiger partial charge in [-0.1, -0.05) is 0 Å². The van der Waals surface area contributed by atoms with Gasteiger partial charge < -0.3 is 20.4 Å². The fourth-order valence-electron chi connectivity index (χ4n) is 2.13. The lowest BCUT2D eigenvalue weighted by atomic mass is 10.3. The first-order valence-electron chi connectivity index (χ1n) is 5.74. The molecule has 2 rings (SSSR count). The number of amides is 1. The Balaban J connectivity index is 1.79. The van der Waals surface area contributed by atoms with Gasteiger partial charge in [-0.05, 0) is 0 Å². The fraction of sp³-hybridized carbons (Fsp3) is 0.900. The number of carbonyl (C=O) groups excluding carboxylic acids is 1. The van der Waals surface area contributed by atoms with Gasteiger partial charge in [0.25, 0.3) is 0 Å². The average molecular weight is 229 g/mol. The van der Waals surface area contributed by atoms with E-state index in [0.717, 1.165) is 26.2 Å². The molecule has 2 fully saturated rings. The smallest absolute Gasteiger partial charge is 0.236 e. The summed E-state index contributed by atoms with van der Waals surface area (Å²) < 4.78 is 0. The molecule has 0 radical (unpaired) electrons. The maximum absolute atomic E-state index is 11.8. The Morgan fingerprint density at radius 1 is 1.19 bits per heavy atom. The molecule has 2 aliphatic heterocycles. The molecule has 0 bridgehead atoms. The van der Waals surface area contributed by atoms with E-state index in [2.05, 4.69) is 10.2 Å². The predicted molar refractivity (Wildman–Crippen MR) is 57.9 cm³/mol. The van der Waals surface area contributed by atoms with E-state index in [1.54, 1.807) is 0 Å². The monoisotopic (exact) mass is 229 g/mol. The van der Waals surface area contributed by atoms with Crippen LogP contribution in [0, 0.1) is 0 Å². The minimum absolute atomic E-state index is 0.00231. The van der Waals surface area contributed by atoms with E-state index >= 15 is 0 Å². The van der Waals surface area contributed by atoms with Crippen molar-refractivity contribution < 1.29 is 15.0 Å². The molecule has 92 valence electrons. The van der Waals surface area contributed by atoms with Crippen molar-refractivity contribution in [1.29, 1.82) is 0 Å². The second-order valence-electron chi connectivity index (χ2n) is 4.46. The molecule has 6 heteroatoms. The van der Waals surface area contributed by atoms with Crippen LogP contribution in [0.3, 0.4) is 0 Å². The number of carbonyl (C=O) groups is 1. The Kier molecular flexibility index (Phi) is 3.75. The number of piperazine rings is 1. The first kappa shape index (κ1) is 11.8. The summed E-state index contributed by atoms with van der Waals surface area (Å²) in [4.78, 5) is 15.5. The zero-order chi connectivity index (χ0) is 11.5. The van der Waals surface area contributed by atoms with Gasteiger partial charge >= 0.3 is 0 Å². The molecule has 6 nitrogen and oxygen atoms in total. The molecule has 0 spiro atoms. The highest BCUT2D eigenvalue weighted by Crippen LogP contribution is 2.10. The summed E-state index contributed by atoms with van der Waals surface area (Å²) in [6.07, 6.45) is -1.57. The molecule has 3 N–H and O–H groups in total. The highest BCUT2D eigenvalue weighted by Gasteiger charge is 2.32. The summed E-state index contributed by atoms with van der Waals surface area (Å²) in [7, 11) is 0. The van der Waals surface area contributed by atoms with Crippen molar-refractivity contribution in [2.45, 2.75) is 12.2 Å². The fourth-order valence-corrected chi connectivity index (χ4v) is 2.13. The topological polar surface area (TPSA) is 76.0 Å². The number of hydrogen-bond donors (Lipinski definition) is 3. The molecule has 0 unspecified atom stereocenters. The van der Waals surface area contributed by atoms with E-state index in [9.17, 15) is 15.0 Å². The quantitative estimate of drug-likeness (QED) is 0.486. The van der Waals surface area contributed by atoms with Crippen molar-refractivity contribution in [3.8, 4) is 0 Å². The van der Waals surface area contributed by atoms with Crippen LogP contribution < -0.4 is 5.32 Å². The average Bonchev–Trinajstić information content (AvgIpc) is 2.61. The lowest BCUT2D eigenvalue weighted by Gasteiger charge is -2.28. The number of likely N-dealkylation sites (tertiary alicyclic amines) is 1. The van der Waals surface area contributed by atoms with Crippen LogP contribution in [0.4, 0.5) is 0 Å². The number of β-amino-alcohol motifs (C(OH)–C–C–N with tert-alkyl or cyclic N) is 2. The van der Waals surface area contributed by atoms with Gasteiger partial charge in [-0.2, -0.15) is 0 Å². The normalized spacial score (nSPS) is 32.0. The first-order valence-corrected chi connectivity index (χ1v) is 5.74. The van der Waals surface area contributed by atoms with Gasteiger partial charge in [-0.25, -0.2) is 0 Å². The van der Waals surface area contributed by atoms with Gasteiger partial charge in [0.05, 0.1) is 18.8 Å². The van der Waals surface area contributed by atoms with Crippen LogP contribution in [0.5, 0.6) is 0 Å². The highest BCUT2D eigenvalue weighted by atomic mass is 16.3. The Bertz CT molecular complexity index is 246. The number of nitrogens with one attached hydrogen (secondary N) is 1. The van der Waals surface area contributed by atoms with Crippen LogP contribution in [0.1, 0.15) is 0 Å². The van der Waals surface area contributed by atoms with Gasteiger partial charge in [0.15, 0.2) is 0 Å². The zero-order valence-electron chi connectivity index (χ0n) is 9.30. The molecule has 0 saturated carbocycles. The number of aliphatic hydroxyl groups excluding tert-OH is 2. The molecule has 16 heavy (non-hydrogen) atoms. The Hall–Kier alpha value is -0.690. The van der Waals surface area contributed by atoms with Crippen molar-refractivity contribution >= 4 is 5.91 Å². The van der Waals surface area contributed by atoms with Gasteiger partial charge in [-0.15, -0.1) is 0 Å². The Morgan fingerprint density at radius 2 is 1.75 bits per heavy atom. The van der Waals surface area contributed by atoms with Gasteiger partial charge in [-0.3, -0.25) is 9.69 Å². The highest BCUT2D eigenvalue weighted by molar-refractivity contribution is 5.78. The molecule has 2 atom stereocenters. The van der Waals surface area contributed by atoms with E-state index in [4.69, 9.17) is 0 Å². The maximum atomic E-state index is 11.8. The van der Waals surface area contributed by atoms with Crippen LogP contribution in [0.15, 0.2) is 0 Å². The SMILES string of the molecule is O=C(CN1CCNCC1)N1C[C@@H](O)[C@@H](O)C1. The summed E-state index contributed by atoms with van der Waals surface area (Å²) in [6.45, 7) is 4.49. The lowest BCUT2D eigenvalue weighted by Crippen LogP contribution is -2.48. The van der Waals surface area contributed by atoms with Crippen molar-refractivity contribution in [1.82, 2.24) is 15.1 Å². The number of hydrogen-bond acceptors (Lipinski definition) is 5. The molecular weight excluding hydrogens is 210 g/mol. The summed E-state index contributed by atoms with van der Waals surface area (Å²) >= 11 is 0. The van der Waals surface area contributed by atoms with Crippen molar-refractivity contribution in [2.24, 2.45) is 0 Å². The van der Waals surface area contributed by atoms with Crippen molar-refractivity contribution in [3.05, 3.63) is 0 Å². The number of nitrogens with zero attached hydrogens (tertiary/aromatic N) is 2. The summed E-state index contributed by atoms with van der Waals surface area (Å²) in [5.41, 5.74) is 0. The zero-order valence-corrected chi connectivity index (χ0v) is 9.30. The van der Waals surface area contributed by atoms with Crippen molar-refractivity contribution in [3.63, 3.8) is 0 Å². The van der Waals surface area contributed by atoms with Crippen molar-refractivity contribution in [2.75, 3.05) is 45.8 Å². The van der Waals surface area contributed by atoms with E-state index < -0.39 is 12.2 Å². The number of rotatable bonds is 2. The Labute approximate surface area is 94.8 Å². The minimum Gasteiger partial charge on any atom is -0.388 e. The number of aliphatic hydroxyl groups is 2. The third-order valence-corrected chi connectivity index (χ3v) is 3.18. The van der Waals surface area contributed by atoms with E-state index in [-0.39, 0.29) is 19.0 Å². The molecular formula is C10H19N3O3.